The Hall–Kier alpha value is -2.99. The predicted octanol–water partition coefficient (Wildman–Crippen LogP) is -0.474. The first-order valence-electron chi connectivity index (χ1n) is 10.5. The van der Waals surface area contributed by atoms with E-state index in [4.69, 9.17) is 5.11 Å². The Morgan fingerprint density at radius 3 is 1.97 bits per heavy atom. The molecule has 1 rings (SSSR count). The summed E-state index contributed by atoms with van der Waals surface area (Å²) in [7, 11) is -4.00. The fourth-order valence-electron chi connectivity index (χ4n) is 2.75. The van der Waals surface area contributed by atoms with Crippen LogP contribution in [-0.2, 0) is 35.6 Å². The molecule has 3 amide bonds. The lowest BCUT2D eigenvalue weighted by atomic mass is 10.0. The standard InChI is InChI=1S/C21H32N4O7S/c1-13(2)22-21(30)17(12-16-8-6-5-7-9-16)24-19(28)14(3)23-20(29)15(4)25-33(31,32)11-10-18(26)27/h5-9,13-15,17,25H,10-12H2,1-4H3,(H,22,30)(H,23,29)(H,24,28)(H,26,27)/t14-,15-,17-/m0/s1. The first-order valence-corrected chi connectivity index (χ1v) is 12.1. The van der Waals surface area contributed by atoms with Gasteiger partial charge in [-0.2, -0.15) is 0 Å². The zero-order valence-corrected chi connectivity index (χ0v) is 19.9. The summed E-state index contributed by atoms with van der Waals surface area (Å²) >= 11 is 0. The summed E-state index contributed by atoms with van der Waals surface area (Å²) in [4.78, 5) is 48.1. The highest BCUT2D eigenvalue weighted by atomic mass is 32.2. The molecule has 184 valence electrons. The third-order valence-electron chi connectivity index (χ3n) is 4.43. The minimum atomic E-state index is -4.00. The van der Waals surface area contributed by atoms with Crippen LogP contribution in [0.2, 0.25) is 0 Å². The Morgan fingerprint density at radius 1 is 0.848 bits per heavy atom. The van der Waals surface area contributed by atoms with Crippen LogP contribution in [0.25, 0.3) is 0 Å². The van der Waals surface area contributed by atoms with Gasteiger partial charge in [0.15, 0.2) is 0 Å². The average molecular weight is 485 g/mol. The van der Waals surface area contributed by atoms with Crippen LogP contribution in [0.15, 0.2) is 30.3 Å². The second-order valence-electron chi connectivity index (χ2n) is 7.95. The molecule has 11 nitrogen and oxygen atoms in total. The van der Waals surface area contributed by atoms with E-state index in [1.54, 1.807) is 13.8 Å². The lowest BCUT2D eigenvalue weighted by molar-refractivity contribution is -0.136. The summed E-state index contributed by atoms with van der Waals surface area (Å²) in [5.41, 5.74) is 0.836. The van der Waals surface area contributed by atoms with E-state index in [2.05, 4.69) is 20.7 Å². The van der Waals surface area contributed by atoms with Gasteiger partial charge in [-0.15, -0.1) is 0 Å². The minimum Gasteiger partial charge on any atom is -0.481 e. The number of carboxylic acids is 1. The molecule has 0 aliphatic carbocycles. The third kappa shape index (κ3) is 10.9. The lowest BCUT2D eigenvalue weighted by Crippen LogP contribution is -2.56. The van der Waals surface area contributed by atoms with Gasteiger partial charge in [0.2, 0.25) is 27.7 Å². The van der Waals surface area contributed by atoms with Crippen molar-refractivity contribution in [3.05, 3.63) is 35.9 Å². The molecule has 0 radical (unpaired) electrons. The maximum Gasteiger partial charge on any atom is 0.304 e. The Labute approximate surface area is 193 Å². The summed E-state index contributed by atoms with van der Waals surface area (Å²) < 4.78 is 25.8. The number of nitrogens with one attached hydrogen (secondary N) is 4. The zero-order chi connectivity index (χ0) is 25.2. The number of aliphatic carboxylic acids is 1. The predicted molar refractivity (Wildman–Crippen MR) is 122 cm³/mol. The fraction of sp³-hybridized carbons (Fsp3) is 0.524. The van der Waals surface area contributed by atoms with E-state index in [-0.39, 0.29) is 18.4 Å². The van der Waals surface area contributed by atoms with Crippen molar-refractivity contribution in [3.63, 3.8) is 0 Å². The van der Waals surface area contributed by atoms with Crippen molar-refractivity contribution >= 4 is 33.7 Å². The maximum atomic E-state index is 12.6. The summed E-state index contributed by atoms with van der Waals surface area (Å²) in [5, 5.41) is 16.4. The van der Waals surface area contributed by atoms with Crippen LogP contribution in [0.5, 0.6) is 0 Å². The molecule has 0 bridgehead atoms. The van der Waals surface area contributed by atoms with Crippen molar-refractivity contribution in [2.75, 3.05) is 5.75 Å². The van der Waals surface area contributed by atoms with E-state index in [0.29, 0.717) is 0 Å². The third-order valence-corrected chi connectivity index (χ3v) is 5.89. The first kappa shape index (κ1) is 28.0. The van der Waals surface area contributed by atoms with Gasteiger partial charge in [-0.25, -0.2) is 13.1 Å². The molecule has 0 aliphatic heterocycles. The summed E-state index contributed by atoms with van der Waals surface area (Å²) in [6, 6.07) is 5.80. The van der Waals surface area contributed by atoms with E-state index in [1.807, 2.05) is 30.3 Å². The lowest BCUT2D eigenvalue weighted by Gasteiger charge is -2.23. The number of carbonyl (C=O) groups is 4. The normalized spacial score (nSPS) is 14.1. The Kier molecular flexibility index (Phi) is 11.0. The van der Waals surface area contributed by atoms with E-state index >= 15 is 0 Å². The van der Waals surface area contributed by atoms with Crippen LogP contribution in [-0.4, -0.2) is 67.1 Å². The molecule has 1 aromatic rings. The molecule has 1 aromatic carbocycles. The quantitative estimate of drug-likeness (QED) is 0.252. The molecule has 0 saturated heterocycles. The van der Waals surface area contributed by atoms with Gasteiger partial charge >= 0.3 is 5.97 Å². The van der Waals surface area contributed by atoms with E-state index in [1.165, 1.54) is 13.8 Å². The summed E-state index contributed by atoms with van der Waals surface area (Å²) in [5.74, 6) is -3.73. The molecule has 5 N–H and O–H groups in total. The van der Waals surface area contributed by atoms with Crippen molar-refractivity contribution in [1.82, 2.24) is 20.7 Å². The van der Waals surface area contributed by atoms with Gasteiger partial charge in [0.1, 0.15) is 12.1 Å². The summed E-state index contributed by atoms with van der Waals surface area (Å²) in [6.45, 7) is 6.26. The van der Waals surface area contributed by atoms with Crippen molar-refractivity contribution in [2.45, 2.75) is 64.7 Å². The Bertz CT molecular complexity index is 935. The zero-order valence-electron chi connectivity index (χ0n) is 19.1. The van der Waals surface area contributed by atoms with Gasteiger partial charge in [0.05, 0.1) is 18.2 Å². The molecule has 0 saturated carbocycles. The first-order chi connectivity index (χ1) is 15.3. The molecule has 12 heteroatoms. The number of hydrogen-bond donors (Lipinski definition) is 5. The van der Waals surface area contributed by atoms with Crippen molar-refractivity contribution in [2.24, 2.45) is 0 Å². The highest BCUT2D eigenvalue weighted by molar-refractivity contribution is 7.89. The van der Waals surface area contributed by atoms with Gasteiger partial charge in [0.25, 0.3) is 0 Å². The molecule has 33 heavy (non-hydrogen) atoms. The van der Waals surface area contributed by atoms with E-state index in [9.17, 15) is 27.6 Å². The molecule has 0 unspecified atom stereocenters. The number of sulfonamides is 1. The van der Waals surface area contributed by atoms with Gasteiger partial charge in [-0.1, -0.05) is 30.3 Å². The smallest absolute Gasteiger partial charge is 0.304 e. The molecule has 0 aromatic heterocycles. The summed E-state index contributed by atoms with van der Waals surface area (Å²) in [6.07, 6.45) is -0.366. The van der Waals surface area contributed by atoms with Crippen LogP contribution in [0.4, 0.5) is 0 Å². The number of hydrogen-bond acceptors (Lipinski definition) is 6. The second kappa shape index (κ2) is 12.9. The Balaban J connectivity index is 2.75. The topological polar surface area (TPSA) is 171 Å². The van der Waals surface area contributed by atoms with Crippen LogP contribution in [0.3, 0.4) is 0 Å². The molecule has 0 heterocycles. The monoisotopic (exact) mass is 484 g/mol. The molecule has 3 atom stereocenters. The average Bonchev–Trinajstić information content (AvgIpc) is 2.71. The van der Waals surface area contributed by atoms with E-state index < -0.39 is 58.1 Å². The molecule has 0 spiro atoms. The van der Waals surface area contributed by atoms with Crippen LogP contribution >= 0.6 is 0 Å². The second-order valence-corrected chi connectivity index (χ2v) is 9.82. The van der Waals surface area contributed by atoms with Crippen molar-refractivity contribution in [3.8, 4) is 0 Å². The van der Waals surface area contributed by atoms with Gasteiger partial charge in [-0.05, 0) is 33.3 Å². The maximum absolute atomic E-state index is 12.6. The number of carboxylic acid groups (broad SMARTS) is 1. The molecular weight excluding hydrogens is 452 g/mol. The Morgan fingerprint density at radius 2 is 1.42 bits per heavy atom. The fourth-order valence-corrected chi connectivity index (χ4v) is 3.96. The minimum absolute atomic E-state index is 0.139. The number of benzene rings is 1. The van der Waals surface area contributed by atoms with Crippen molar-refractivity contribution < 1.29 is 32.7 Å². The van der Waals surface area contributed by atoms with Gasteiger partial charge in [0, 0.05) is 12.5 Å². The number of rotatable bonds is 13. The SMILES string of the molecule is CC(C)NC(=O)[C@H](Cc1ccccc1)NC(=O)[C@H](C)NC(=O)[C@H](C)NS(=O)(=O)CCC(=O)O. The van der Waals surface area contributed by atoms with Crippen LogP contribution in [0.1, 0.15) is 39.7 Å². The van der Waals surface area contributed by atoms with E-state index in [0.717, 1.165) is 5.56 Å². The largest absolute Gasteiger partial charge is 0.481 e. The van der Waals surface area contributed by atoms with Crippen molar-refractivity contribution in [1.29, 1.82) is 0 Å². The van der Waals surface area contributed by atoms with Crippen LogP contribution in [0, 0.1) is 0 Å². The van der Waals surface area contributed by atoms with Gasteiger partial charge in [-0.3, -0.25) is 19.2 Å². The van der Waals surface area contributed by atoms with Gasteiger partial charge < -0.3 is 21.1 Å². The molecular formula is C21H32N4O7S. The number of carbonyl (C=O) groups excluding carboxylic acids is 3. The number of amides is 3. The molecule has 0 aliphatic rings. The van der Waals surface area contributed by atoms with Crippen LogP contribution < -0.4 is 20.7 Å². The highest BCUT2D eigenvalue weighted by Gasteiger charge is 2.27. The molecule has 0 fully saturated rings. The highest BCUT2D eigenvalue weighted by Crippen LogP contribution is 2.05.